The predicted octanol–water partition coefficient (Wildman–Crippen LogP) is -4.91. The van der Waals surface area contributed by atoms with Crippen molar-refractivity contribution in [2.24, 2.45) is 0 Å². The summed E-state index contributed by atoms with van der Waals surface area (Å²) in [6.45, 7) is 2.71. The molecule has 40 atom stereocenters. The molecule has 0 amide bonds. The van der Waals surface area contributed by atoms with Gasteiger partial charge in [-0.1, -0.05) is 67.2 Å². The van der Waals surface area contributed by atoms with Crippen molar-refractivity contribution in [3.8, 4) is 0 Å². The molecule has 32 rings (SSSR count). The topological polar surface area (TPSA) is 742 Å². The lowest BCUT2D eigenvalue weighted by molar-refractivity contribution is -0.397. The van der Waals surface area contributed by atoms with Gasteiger partial charge in [0.05, 0.1) is 93.6 Å². The molecular formula is C83H121O47PS7. The highest BCUT2D eigenvalue weighted by molar-refractivity contribution is 8.00. The number of ether oxygens (including phenoxy) is 17. The van der Waals surface area contributed by atoms with Crippen LogP contribution >= 0.6 is 89.5 Å². The Kier molecular flexibility index (Phi) is 45.4. The number of carboxylic acids is 6. The number of carboxylic acid groups (broad SMARTS) is 6. The zero-order chi connectivity index (χ0) is 100. The van der Waals surface area contributed by atoms with E-state index in [9.17, 15) is 146 Å². The lowest BCUT2D eigenvalue weighted by Crippen LogP contribution is -2.69. The van der Waals surface area contributed by atoms with Crippen molar-refractivity contribution in [2.75, 3.05) is 93.5 Å². The van der Waals surface area contributed by atoms with Crippen molar-refractivity contribution in [1.29, 1.82) is 0 Å². The number of rotatable bonds is 41. The molecule has 0 aliphatic carbocycles. The summed E-state index contributed by atoms with van der Waals surface area (Å²) in [5.41, 5.74) is 0. The number of hydrogen-bond donors (Lipinski definition) is 23. The zero-order valence-corrected chi connectivity index (χ0v) is 80.3. The molecular weight excluding hydrogens is 2000 g/mol. The molecule has 30 fully saturated rings. The van der Waals surface area contributed by atoms with Gasteiger partial charge < -0.3 is 203 Å². The van der Waals surface area contributed by atoms with Crippen molar-refractivity contribution in [3.05, 3.63) is 73.0 Å². The first-order valence-electron chi connectivity index (χ1n) is 44.1. The molecule has 2 aromatic rings. The third-order valence-electron chi connectivity index (χ3n) is 23.6. The summed E-state index contributed by atoms with van der Waals surface area (Å²) in [6.07, 6.45) is -86.1. The van der Waals surface area contributed by atoms with E-state index in [0.717, 1.165) is 82.3 Å². The van der Waals surface area contributed by atoms with Gasteiger partial charge in [0.1, 0.15) is 159 Å². The van der Waals surface area contributed by atoms with Gasteiger partial charge in [0, 0.05) is 97.6 Å². The minimum Gasteiger partial charge on any atom is -0.513 e. The third-order valence-corrected chi connectivity index (χ3v) is 33.8. The number of carbonyl (C=O) groups is 6. The van der Waals surface area contributed by atoms with E-state index in [1.54, 1.807) is 60.7 Å². The Morgan fingerprint density at radius 1 is 0.254 bits per heavy atom. The summed E-state index contributed by atoms with van der Waals surface area (Å²) >= 11 is 6.39. The van der Waals surface area contributed by atoms with Gasteiger partial charge in [0.25, 0.3) is 0 Å². The van der Waals surface area contributed by atoms with Crippen LogP contribution in [0.4, 0.5) is 0 Å². The maximum atomic E-state index is 15.5. The number of allylic oxidation sites excluding steroid dienone is 1. The second-order valence-electron chi connectivity index (χ2n) is 33.6. The molecule has 30 saturated heterocycles. The van der Waals surface area contributed by atoms with Crippen LogP contribution in [0.5, 0.6) is 0 Å². The molecule has 23 N–H and O–H groups in total. The van der Waals surface area contributed by atoms with E-state index in [1.807, 2.05) is 0 Å². The largest absolute Gasteiger partial charge is 0.513 e. The highest BCUT2D eigenvalue weighted by Crippen LogP contribution is 2.46. The Morgan fingerprint density at radius 3 is 0.594 bits per heavy atom. The van der Waals surface area contributed by atoms with Gasteiger partial charge in [0.15, 0.2) is 57.5 Å². The molecule has 0 spiro atoms. The Morgan fingerprint density at radius 2 is 0.420 bits per heavy atom. The monoisotopic (exact) mass is 2120 g/mol. The van der Waals surface area contributed by atoms with Gasteiger partial charge in [-0.2, -0.15) is 82.3 Å². The van der Waals surface area contributed by atoms with E-state index >= 15 is 4.57 Å². The second-order valence-corrected chi connectivity index (χ2v) is 44.4. The number of thioether (sulfide) groups is 7. The first-order chi connectivity index (χ1) is 65.7. The van der Waals surface area contributed by atoms with Crippen LogP contribution < -0.4 is 10.6 Å². The quantitative estimate of drug-likeness (QED) is 0.0169. The van der Waals surface area contributed by atoms with Crippen LogP contribution in [-0.2, 0) is 114 Å². The number of aliphatic carboxylic acids is 6. The fraction of sp³-hybridized carbons (Fsp3) is 0.759. The van der Waals surface area contributed by atoms with Gasteiger partial charge in [-0.25, -0.2) is 0 Å². The highest BCUT2D eigenvalue weighted by Gasteiger charge is 2.61. The van der Waals surface area contributed by atoms with Gasteiger partial charge in [-0.15, -0.1) is 0 Å². The first-order valence-corrected chi connectivity index (χ1v) is 54.1. The molecule has 0 aromatic heterocycles. The summed E-state index contributed by atoms with van der Waals surface area (Å²) in [5.74, 6) is -11.2. The van der Waals surface area contributed by atoms with Crippen molar-refractivity contribution in [1.82, 2.24) is 0 Å². The number of aliphatic hydroxyl groups excluding tert-OH is 17. The van der Waals surface area contributed by atoms with E-state index in [0.29, 0.717) is 10.6 Å². The van der Waals surface area contributed by atoms with Crippen molar-refractivity contribution in [2.45, 2.75) is 291 Å². The maximum Gasteiger partial charge on any atom is 0.304 e. The minimum absolute atomic E-state index is 0.0245. The average molecular weight is 2130 g/mol. The fourth-order valence-corrected chi connectivity index (χ4v) is 25.5. The van der Waals surface area contributed by atoms with E-state index in [1.165, 1.54) is 0 Å². The average Bonchev–Trinajstić information content (AvgIpc) is 0.769. The molecule has 30 aliphatic rings. The van der Waals surface area contributed by atoms with Gasteiger partial charge >= 0.3 is 35.8 Å². The zero-order valence-electron chi connectivity index (χ0n) is 73.7. The molecule has 0 unspecified atom stereocenters. The Hall–Kier alpha value is -3.84. The number of aliphatic hydroxyl groups is 17. The Bertz CT molecular complexity index is 3990. The molecule has 55 heteroatoms. The van der Waals surface area contributed by atoms with E-state index in [4.69, 9.17) is 80.5 Å². The molecule has 782 valence electrons. The minimum atomic E-state index is -3.85. The van der Waals surface area contributed by atoms with Crippen molar-refractivity contribution >= 4 is 136 Å². The predicted molar refractivity (Wildman–Crippen MR) is 486 cm³/mol. The molecule has 0 saturated carbocycles. The maximum absolute atomic E-state index is 15.5. The normalized spacial score (nSPS) is 39.4. The molecule has 47 nitrogen and oxygen atoms in total. The third kappa shape index (κ3) is 30.7. The molecule has 2 aromatic carbocycles. The van der Waals surface area contributed by atoms with Crippen LogP contribution in [-0.4, -0.2) is 492 Å². The van der Waals surface area contributed by atoms with Gasteiger partial charge in [-0.05, 0) is 0 Å². The Balaban J connectivity index is 0.985. The van der Waals surface area contributed by atoms with Crippen LogP contribution in [0.25, 0.3) is 0 Å². The van der Waals surface area contributed by atoms with Crippen molar-refractivity contribution < 1.29 is 231 Å². The fourth-order valence-electron chi connectivity index (χ4n) is 16.3. The summed E-state index contributed by atoms with van der Waals surface area (Å²) < 4.78 is 124. The number of hydrogen-bond acceptors (Lipinski definition) is 48. The highest BCUT2D eigenvalue weighted by atomic mass is 32.2. The molecule has 0 radical (unpaired) electrons. The van der Waals surface area contributed by atoms with Crippen LogP contribution in [0.1, 0.15) is 44.9 Å². The van der Waals surface area contributed by atoms with Gasteiger partial charge in [0.2, 0.25) is 0 Å². The van der Waals surface area contributed by atoms with E-state index in [2.05, 4.69) is 6.58 Å². The smallest absolute Gasteiger partial charge is 0.304 e. The SMILES string of the molecule is C=C(O)CCSC[C@H]1O[C@@H]2O[C@H]3[C@H](O)[C@@H](O)[C@@H](O[C@H]4[C@H](O)[C@@H](O)[C@@H](O[C@H]5[C@@H](O)[C@@H](O)[C@@H](O[C@H]6[C@H](O)[C@@H](O)[C@@H](O[C@H]7[C@H](O)[C@@H](O)[C@@H](O[C@H]8[C@@H](O)[C@@H](O)[C@@H](O[C@H]9[C@@H](O)[C@@H](O)[C@@H](O[C@H]1[C@H](O)[C@H]2O)O[C@@H]9CSCCC(=O)O)O[C@@H]8CSCCC(=O)O)O[C@@H]7CSCCC(=O)O)O[C@@H]6CSCCC(=O)O)O[C@@H]5CSCCC(=O)O)O[C@@H]4COCP(=O)(c1ccccc1)c1ccccc1)O[C@@H]3CSCCC(=O)O. The van der Waals surface area contributed by atoms with Crippen LogP contribution in [0.3, 0.4) is 0 Å². The summed E-state index contributed by atoms with van der Waals surface area (Å²) in [4.78, 5) is 71.4. The summed E-state index contributed by atoms with van der Waals surface area (Å²) in [7, 11) is -3.85. The standard InChI is InChI=1S/C83H121O47PS7/c1-35(84)12-19-132-27-39-70-55(100)63(108)78(117-39)126-71-41(29-134-21-14-47(87)88)116-77(61(106)53(71)98)123-68-38(26-114-34-131(113,36-8-4-2-5-9-36)37-10-6-3-7-11-37)115-76(60(105)52(68)97)124-69-40(28-133-20-13-46(85)86)118-79(62(107)54(69)99)127-72-43(31-136-23-16-49(91)92)120-81(65(110)57(72)102)129-74-45(33-138-25-18-51(95)96)122-83(67(112)59(74)104)130-75-44(32-137-24-17-50(93)94)121-82(66(111)58(75)103)128-73-42(30-135-22-15-48(89)90)119-80(125-70)64(109)56(73)101/h2-11,38-45,52-84,97-112H,1,12-34H2,(H,85,86)(H,87,88)(H,89,90)(H,91,92)(H,93,94)(H,95,96)/t38-,39-,40-,41-,42-,43-,44-,45-,52-,53-,54+,55-,56+,57-,58+,59-,60-,61-,62-,63-,64-,65-,66-,67-,68-,69-,70-,71-,72-,73-,74-,75-,76-,77-,78-,79-,80-,81-,82-,83-/m1/s1. The molecule has 30 heterocycles. The van der Waals surface area contributed by atoms with E-state index < -0.39 is 346 Å². The molecule has 138 heavy (non-hydrogen) atoms. The lowest BCUT2D eigenvalue weighted by atomic mass is 9.95. The van der Waals surface area contributed by atoms with Crippen LogP contribution in [0, 0.1) is 0 Å². The van der Waals surface area contributed by atoms with Gasteiger partial charge in [-0.3, -0.25) is 28.8 Å². The summed E-state index contributed by atoms with van der Waals surface area (Å²) in [5, 5.41) is 267. The molecule has 30 aliphatic heterocycles. The van der Waals surface area contributed by atoms with Crippen molar-refractivity contribution in [3.63, 3.8) is 0 Å². The van der Waals surface area contributed by atoms with Crippen LogP contribution in [0.15, 0.2) is 73.0 Å². The molecule has 16 bridgehead atoms. The second kappa shape index (κ2) is 54.7. The Labute approximate surface area is 819 Å². The van der Waals surface area contributed by atoms with Crippen LogP contribution in [0.2, 0.25) is 0 Å². The first kappa shape index (κ1) is 114. The lowest BCUT2D eigenvalue weighted by Gasteiger charge is -2.51. The number of benzene rings is 2. The summed E-state index contributed by atoms with van der Waals surface area (Å²) in [6, 6.07) is 16.2. The van der Waals surface area contributed by atoms with E-state index in [-0.39, 0.29) is 87.0 Å².